The van der Waals surface area contributed by atoms with Gasteiger partial charge in [0.05, 0.1) is 37.7 Å². The van der Waals surface area contributed by atoms with E-state index in [1.54, 1.807) is 18.2 Å². The Bertz CT molecular complexity index is 1310. The standard InChI is InChI=1S/C29H32BrN3O5.ClH/c1-19-8-7-9-25(32-14-5-4-6-15-32)28(19)33(31-21-10-12-22(37-2)13-11-21)27(34)17-20-16-26(38-3)23(29(35)36)18-24(20)30;/h7-13,16,18,31H,4-6,14-15,17H2,1-3H3,(H,35,36);1H. The number of carbonyl (C=O) groups excluding carboxylic acids is 1. The second-order valence-electron chi connectivity index (χ2n) is 9.19. The number of hydrogen-bond donors (Lipinski definition) is 2. The second kappa shape index (κ2) is 13.6. The maximum absolute atomic E-state index is 14.0. The van der Waals surface area contributed by atoms with Crippen molar-refractivity contribution < 1.29 is 24.2 Å². The fraction of sp³-hybridized carbons (Fsp3) is 0.310. The third-order valence-electron chi connectivity index (χ3n) is 6.66. The van der Waals surface area contributed by atoms with Crippen LogP contribution in [0, 0.1) is 6.92 Å². The average Bonchev–Trinajstić information content (AvgIpc) is 2.93. The Balaban J connectivity index is 0.00000420. The van der Waals surface area contributed by atoms with E-state index in [0.717, 1.165) is 48.6 Å². The molecule has 0 aromatic heterocycles. The minimum absolute atomic E-state index is 0. The molecular formula is C29H33BrClN3O5. The normalized spacial score (nSPS) is 12.8. The van der Waals surface area contributed by atoms with Crippen LogP contribution in [0.25, 0.3) is 0 Å². The third kappa shape index (κ3) is 6.96. The molecule has 0 bridgehead atoms. The second-order valence-corrected chi connectivity index (χ2v) is 10.0. The van der Waals surface area contributed by atoms with Gasteiger partial charge in [-0.25, -0.2) is 9.80 Å². The Morgan fingerprint density at radius 2 is 1.72 bits per heavy atom. The van der Waals surface area contributed by atoms with Crippen molar-refractivity contribution in [2.75, 3.05) is 42.6 Å². The number of nitrogens with zero attached hydrogens (tertiary/aromatic N) is 2. The van der Waals surface area contributed by atoms with Gasteiger partial charge >= 0.3 is 5.97 Å². The van der Waals surface area contributed by atoms with Gasteiger partial charge in [0.2, 0.25) is 5.91 Å². The van der Waals surface area contributed by atoms with E-state index in [9.17, 15) is 14.7 Å². The van der Waals surface area contributed by atoms with Gasteiger partial charge in [-0.15, -0.1) is 12.4 Å². The summed E-state index contributed by atoms with van der Waals surface area (Å²) in [5.41, 5.74) is 7.44. The minimum Gasteiger partial charge on any atom is -0.497 e. The Kier molecular flexibility index (Phi) is 10.5. The summed E-state index contributed by atoms with van der Waals surface area (Å²) in [7, 11) is 3.02. The first-order valence-electron chi connectivity index (χ1n) is 12.5. The number of nitrogens with one attached hydrogen (secondary N) is 1. The quantitative estimate of drug-likeness (QED) is 0.265. The molecule has 3 aromatic rings. The van der Waals surface area contributed by atoms with Gasteiger partial charge in [-0.2, -0.15) is 0 Å². The number of aryl methyl sites for hydroxylation is 1. The maximum atomic E-state index is 14.0. The fourth-order valence-corrected chi connectivity index (χ4v) is 5.15. The summed E-state index contributed by atoms with van der Waals surface area (Å²) in [6.45, 7) is 3.86. The molecule has 0 aliphatic carbocycles. The summed E-state index contributed by atoms with van der Waals surface area (Å²) < 4.78 is 11.1. The van der Waals surface area contributed by atoms with E-state index in [-0.39, 0.29) is 36.0 Å². The highest BCUT2D eigenvalue weighted by molar-refractivity contribution is 9.10. The summed E-state index contributed by atoms with van der Waals surface area (Å²) in [6.07, 6.45) is 3.42. The first-order valence-corrected chi connectivity index (χ1v) is 13.3. The molecule has 1 aliphatic rings. The first-order chi connectivity index (χ1) is 18.3. The number of para-hydroxylation sites is 1. The lowest BCUT2D eigenvalue weighted by molar-refractivity contribution is -0.117. The number of halogens is 2. The average molecular weight is 619 g/mol. The molecular weight excluding hydrogens is 586 g/mol. The molecule has 0 unspecified atom stereocenters. The van der Waals surface area contributed by atoms with Crippen LogP contribution in [0.5, 0.6) is 11.5 Å². The molecule has 1 aliphatic heterocycles. The molecule has 1 fully saturated rings. The number of carboxylic acid groups (broad SMARTS) is 1. The lowest BCUT2D eigenvalue weighted by Crippen LogP contribution is -2.40. The zero-order valence-corrected chi connectivity index (χ0v) is 24.6. The predicted octanol–water partition coefficient (Wildman–Crippen LogP) is 6.49. The monoisotopic (exact) mass is 617 g/mol. The summed E-state index contributed by atoms with van der Waals surface area (Å²) in [4.78, 5) is 28.0. The van der Waals surface area contributed by atoms with E-state index in [1.165, 1.54) is 19.6 Å². The first kappa shape index (κ1) is 30.1. The number of methoxy groups -OCH3 is 2. The molecule has 1 heterocycles. The molecule has 4 rings (SSSR count). The number of benzene rings is 3. The summed E-state index contributed by atoms with van der Waals surface area (Å²) in [6, 6.07) is 16.5. The van der Waals surface area contributed by atoms with Gasteiger partial charge in [0, 0.05) is 17.6 Å². The highest BCUT2D eigenvalue weighted by atomic mass is 79.9. The molecule has 39 heavy (non-hydrogen) atoms. The van der Waals surface area contributed by atoms with Crippen molar-refractivity contribution in [3.63, 3.8) is 0 Å². The Morgan fingerprint density at radius 1 is 1.03 bits per heavy atom. The number of hydrogen-bond acceptors (Lipinski definition) is 6. The molecule has 0 radical (unpaired) electrons. The summed E-state index contributed by atoms with van der Waals surface area (Å²) >= 11 is 3.45. The van der Waals surface area contributed by atoms with E-state index in [4.69, 9.17) is 9.47 Å². The van der Waals surface area contributed by atoms with Crippen LogP contribution in [0.1, 0.15) is 40.7 Å². The molecule has 1 amide bonds. The zero-order chi connectivity index (χ0) is 27.2. The van der Waals surface area contributed by atoms with Gasteiger partial charge in [0.15, 0.2) is 0 Å². The maximum Gasteiger partial charge on any atom is 0.339 e. The highest BCUT2D eigenvalue weighted by Gasteiger charge is 2.26. The van der Waals surface area contributed by atoms with Crippen molar-refractivity contribution in [3.05, 3.63) is 75.8 Å². The molecule has 8 nitrogen and oxygen atoms in total. The van der Waals surface area contributed by atoms with Crippen LogP contribution in [-0.2, 0) is 11.2 Å². The predicted molar refractivity (Wildman–Crippen MR) is 160 cm³/mol. The number of piperidine rings is 1. The van der Waals surface area contributed by atoms with Crippen molar-refractivity contribution >= 4 is 57.3 Å². The molecule has 208 valence electrons. The number of anilines is 3. The lowest BCUT2D eigenvalue weighted by atomic mass is 10.0. The molecule has 1 saturated heterocycles. The number of hydrazine groups is 1. The van der Waals surface area contributed by atoms with Gasteiger partial charge < -0.3 is 19.5 Å². The number of ether oxygens (including phenoxy) is 2. The SMILES string of the molecule is COc1ccc(NN(C(=O)Cc2cc(OC)c(C(=O)O)cc2Br)c2c(C)cccc2N2CCCCC2)cc1.Cl. The molecule has 0 saturated carbocycles. The van der Waals surface area contributed by atoms with Crippen molar-refractivity contribution in [1.82, 2.24) is 0 Å². The van der Waals surface area contributed by atoms with Crippen LogP contribution in [-0.4, -0.2) is 44.3 Å². The van der Waals surface area contributed by atoms with Gasteiger partial charge in [-0.3, -0.25) is 10.2 Å². The van der Waals surface area contributed by atoms with Gasteiger partial charge in [0.1, 0.15) is 17.1 Å². The largest absolute Gasteiger partial charge is 0.497 e. The zero-order valence-electron chi connectivity index (χ0n) is 22.2. The summed E-state index contributed by atoms with van der Waals surface area (Å²) in [5, 5.41) is 11.1. The Morgan fingerprint density at radius 3 is 2.33 bits per heavy atom. The van der Waals surface area contributed by atoms with Crippen molar-refractivity contribution in [1.29, 1.82) is 0 Å². The Hall–Kier alpha value is -3.43. The number of carbonyl (C=O) groups is 2. The molecule has 3 aromatic carbocycles. The van der Waals surface area contributed by atoms with Crippen molar-refractivity contribution in [3.8, 4) is 11.5 Å². The Labute approximate surface area is 243 Å². The van der Waals surface area contributed by atoms with E-state index in [1.807, 2.05) is 43.3 Å². The van der Waals surface area contributed by atoms with Gasteiger partial charge in [-0.1, -0.05) is 28.1 Å². The number of carboxylic acids is 1. The van der Waals surface area contributed by atoms with E-state index < -0.39 is 5.97 Å². The lowest BCUT2D eigenvalue weighted by Gasteiger charge is -2.35. The van der Waals surface area contributed by atoms with Crippen molar-refractivity contribution in [2.24, 2.45) is 0 Å². The van der Waals surface area contributed by atoms with Crippen LogP contribution < -0.4 is 24.8 Å². The van der Waals surface area contributed by atoms with Gasteiger partial charge in [0.25, 0.3) is 0 Å². The molecule has 2 N–H and O–H groups in total. The van der Waals surface area contributed by atoms with E-state index >= 15 is 0 Å². The molecule has 0 atom stereocenters. The highest BCUT2D eigenvalue weighted by Crippen LogP contribution is 2.36. The van der Waals surface area contributed by atoms with E-state index in [2.05, 4.69) is 32.3 Å². The smallest absolute Gasteiger partial charge is 0.339 e. The van der Waals surface area contributed by atoms with Gasteiger partial charge in [-0.05, 0) is 79.8 Å². The van der Waals surface area contributed by atoms with Crippen LogP contribution in [0.3, 0.4) is 0 Å². The topological polar surface area (TPSA) is 91.3 Å². The molecule has 10 heteroatoms. The number of amides is 1. The molecule has 0 spiro atoms. The number of rotatable bonds is 9. The third-order valence-corrected chi connectivity index (χ3v) is 7.40. The van der Waals surface area contributed by atoms with Crippen LogP contribution in [0.4, 0.5) is 17.1 Å². The van der Waals surface area contributed by atoms with Crippen molar-refractivity contribution in [2.45, 2.75) is 32.6 Å². The van der Waals surface area contributed by atoms with E-state index in [0.29, 0.717) is 15.8 Å². The fourth-order valence-electron chi connectivity index (χ4n) is 4.67. The van der Waals surface area contributed by atoms with Crippen LogP contribution in [0.2, 0.25) is 0 Å². The van der Waals surface area contributed by atoms with Crippen LogP contribution >= 0.6 is 28.3 Å². The minimum atomic E-state index is -1.10. The van der Waals surface area contributed by atoms with Crippen LogP contribution in [0.15, 0.2) is 59.1 Å². The number of aromatic carboxylic acids is 1. The summed E-state index contributed by atoms with van der Waals surface area (Å²) in [5.74, 6) is -0.399.